The number of rotatable bonds is 4. The normalized spacial score (nSPS) is 18.9. The maximum absolute atomic E-state index is 5.88. The molecule has 3 rings (SSSR count). The van der Waals surface area contributed by atoms with Crippen LogP contribution in [0.2, 0.25) is 0 Å². The first kappa shape index (κ1) is 15.0. The fourth-order valence-corrected chi connectivity index (χ4v) is 2.40. The van der Waals surface area contributed by atoms with E-state index in [2.05, 4.69) is 27.2 Å². The molecular formula is C14H19ClN4O. The highest BCUT2D eigenvalue weighted by molar-refractivity contribution is 5.85. The Morgan fingerprint density at radius 3 is 2.80 bits per heavy atom. The minimum absolute atomic E-state index is 0. The Kier molecular flexibility index (Phi) is 5.11. The molecule has 1 saturated heterocycles. The minimum atomic E-state index is 0. The number of hydrogen-bond acceptors (Lipinski definition) is 5. The van der Waals surface area contributed by atoms with Crippen LogP contribution >= 0.6 is 12.4 Å². The molecule has 6 heteroatoms. The number of likely N-dealkylation sites (tertiary alicyclic amines) is 1. The molecule has 108 valence electrons. The quantitative estimate of drug-likeness (QED) is 0.928. The van der Waals surface area contributed by atoms with Crippen LogP contribution in [0.25, 0.3) is 0 Å². The molecule has 1 aromatic heterocycles. The zero-order chi connectivity index (χ0) is 13.1. The lowest BCUT2D eigenvalue weighted by Crippen LogP contribution is -2.26. The Bertz CT molecular complexity index is 531. The van der Waals surface area contributed by atoms with Gasteiger partial charge in [-0.15, -0.1) is 12.4 Å². The van der Waals surface area contributed by atoms with Crippen molar-refractivity contribution in [3.8, 4) is 0 Å². The molecule has 0 aliphatic carbocycles. The molecule has 0 spiro atoms. The van der Waals surface area contributed by atoms with E-state index in [4.69, 9.17) is 10.3 Å². The Hall–Kier alpha value is -1.43. The Morgan fingerprint density at radius 1 is 1.30 bits per heavy atom. The molecule has 20 heavy (non-hydrogen) atoms. The van der Waals surface area contributed by atoms with Gasteiger partial charge in [-0.25, -0.2) is 0 Å². The maximum atomic E-state index is 5.88. The minimum Gasteiger partial charge on any atom is -0.338 e. The summed E-state index contributed by atoms with van der Waals surface area (Å²) in [5.41, 5.74) is 7.07. The van der Waals surface area contributed by atoms with Gasteiger partial charge in [-0.2, -0.15) is 4.98 Å². The van der Waals surface area contributed by atoms with Crippen molar-refractivity contribution in [1.82, 2.24) is 15.0 Å². The summed E-state index contributed by atoms with van der Waals surface area (Å²) in [4.78, 5) is 6.69. The predicted molar refractivity (Wildman–Crippen MR) is 78.7 cm³/mol. The summed E-state index contributed by atoms with van der Waals surface area (Å²) >= 11 is 0. The third kappa shape index (κ3) is 3.79. The van der Waals surface area contributed by atoms with E-state index in [1.807, 2.05) is 18.2 Å². The summed E-state index contributed by atoms with van der Waals surface area (Å²) in [6.07, 6.45) is 1.76. The molecule has 1 unspecified atom stereocenters. The third-order valence-electron chi connectivity index (χ3n) is 3.38. The van der Waals surface area contributed by atoms with Crippen molar-refractivity contribution in [1.29, 1.82) is 0 Å². The number of nitrogens with zero attached hydrogens (tertiary/aromatic N) is 3. The lowest BCUT2D eigenvalue weighted by atomic mass is 10.1. The van der Waals surface area contributed by atoms with Crippen LogP contribution in [0.5, 0.6) is 0 Å². The largest absolute Gasteiger partial charge is 0.338 e. The van der Waals surface area contributed by atoms with Gasteiger partial charge in [0.2, 0.25) is 5.89 Å². The second kappa shape index (κ2) is 6.83. The van der Waals surface area contributed by atoms with Crippen molar-refractivity contribution in [3.05, 3.63) is 47.6 Å². The molecular weight excluding hydrogens is 276 g/mol. The second-order valence-electron chi connectivity index (χ2n) is 5.05. The van der Waals surface area contributed by atoms with Gasteiger partial charge in [0.15, 0.2) is 5.82 Å². The van der Waals surface area contributed by atoms with E-state index in [1.54, 1.807) is 0 Å². The molecule has 1 aliphatic heterocycles. The van der Waals surface area contributed by atoms with E-state index in [0.29, 0.717) is 18.9 Å². The second-order valence-corrected chi connectivity index (χ2v) is 5.05. The van der Waals surface area contributed by atoms with Crippen LogP contribution < -0.4 is 5.73 Å². The monoisotopic (exact) mass is 294 g/mol. The van der Waals surface area contributed by atoms with E-state index in [0.717, 1.165) is 25.3 Å². The van der Waals surface area contributed by atoms with Crippen molar-refractivity contribution in [3.63, 3.8) is 0 Å². The molecule has 5 nitrogen and oxygen atoms in total. The Balaban J connectivity index is 0.00000147. The first-order chi connectivity index (χ1) is 9.29. The average molecular weight is 295 g/mol. The highest BCUT2D eigenvalue weighted by Gasteiger charge is 2.21. The first-order valence-corrected chi connectivity index (χ1v) is 6.63. The fraction of sp³-hybridized carbons (Fsp3) is 0.429. The van der Waals surface area contributed by atoms with Gasteiger partial charge in [0.1, 0.15) is 0 Å². The van der Waals surface area contributed by atoms with Crippen LogP contribution in [0, 0.1) is 0 Å². The van der Waals surface area contributed by atoms with Gasteiger partial charge in [0.25, 0.3) is 0 Å². The molecule has 0 amide bonds. The fourth-order valence-electron chi connectivity index (χ4n) is 2.40. The number of hydrogen-bond donors (Lipinski definition) is 1. The van der Waals surface area contributed by atoms with Gasteiger partial charge in [-0.05, 0) is 12.0 Å². The SMILES string of the molecule is Cl.NC1CCN(Cc2nc(Cc3ccccc3)no2)C1. The molecule has 1 atom stereocenters. The summed E-state index contributed by atoms with van der Waals surface area (Å²) in [5, 5.41) is 4.03. The molecule has 2 N–H and O–H groups in total. The Labute approximate surface area is 124 Å². The van der Waals surface area contributed by atoms with Crippen LogP contribution in [0.15, 0.2) is 34.9 Å². The number of benzene rings is 1. The number of nitrogens with two attached hydrogens (primary N) is 1. The van der Waals surface area contributed by atoms with E-state index in [1.165, 1.54) is 5.56 Å². The molecule has 0 bridgehead atoms. The molecule has 1 fully saturated rings. The van der Waals surface area contributed by atoms with Crippen molar-refractivity contribution < 1.29 is 4.52 Å². The smallest absolute Gasteiger partial charge is 0.240 e. The Morgan fingerprint density at radius 2 is 2.10 bits per heavy atom. The van der Waals surface area contributed by atoms with Crippen LogP contribution in [0.3, 0.4) is 0 Å². The standard InChI is InChI=1S/C14H18N4O.ClH/c15-12-6-7-18(9-12)10-14-16-13(17-19-14)8-11-4-2-1-3-5-11;/h1-5,12H,6-10,15H2;1H. The van der Waals surface area contributed by atoms with Gasteiger partial charge in [0.05, 0.1) is 6.54 Å². The van der Waals surface area contributed by atoms with Crippen molar-refractivity contribution in [2.24, 2.45) is 5.73 Å². The van der Waals surface area contributed by atoms with Crippen LogP contribution in [-0.2, 0) is 13.0 Å². The summed E-state index contributed by atoms with van der Waals surface area (Å²) in [6, 6.07) is 10.4. The van der Waals surface area contributed by atoms with Crippen molar-refractivity contribution in [2.45, 2.75) is 25.4 Å². The van der Waals surface area contributed by atoms with E-state index in [9.17, 15) is 0 Å². The van der Waals surface area contributed by atoms with Crippen molar-refractivity contribution >= 4 is 12.4 Å². The van der Waals surface area contributed by atoms with Gasteiger partial charge in [-0.1, -0.05) is 35.5 Å². The van der Waals surface area contributed by atoms with Crippen LogP contribution in [0.1, 0.15) is 23.7 Å². The average Bonchev–Trinajstić information content (AvgIpc) is 3.01. The summed E-state index contributed by atoms with van der Waals surface area (Å²) < 4.78 is 5.29. The molecule has 2 aromatic rings. The zero-order valence-corrected chi connectivity index (χ0v) is 12.1. The van der Waals surface area contributed by atoms with Gasteiger partial charge >= 0.3 is 0 Å². The molecule has 0 radical (unpaired) electrons. The van der Waals surface area contributed by atoms with Crippen LogP contribution in [0.4, 0.5) is 0 Å². The highest BCUT2D eigenvalue weighted by atomic mass is 35.5. The molecule has 0 saturated carbocycles. The number of aromatic nitrogens is 2. The van der Waals surface area contributed by atoms with E-state index in [-0.39, 0.29) is 18.4 Å². The molecule has 1 aromatic carbocycles. The third-order valence-corrected chi connectivity index (χ3v) is 3.38. The highest BCUT2D eigenvalue weighted by Crippen LogP contribution is 2.12. The number of halogens is 1. The molecule has 2 heterocycles. The lowest BCUT2D eigenvalue weighted by Gasteiger charge is -2.10. The van der Waals surface area contributed by atoms with Gasteiger partial charge in [-0.3, -0.25) is 4.90 Å². The zero-order valence-electron chi connectivity index (χ0n) is 11.2. The summed E-state index contributed by atoms with van der Waals surface area (Å²) in [6.45, 7) is 2.63. The van der Waals surface area contributed by atoms with Gasteiger partial charge in [0, 0.05) is 25.6 Å². The van der Waals surface area contributed by atoms with Crippen LogP contribution in [-0.4, -0.2) is 34.2 Å². The maximum Gasteiger partial charge on any atom is 0.240 e. The predicted octanol–water partition coefficient (Wildman–Crippen LogP) is 1.62. The topological polar surface area (TPSA) is 68.2 Å². The summed E-state index contributed by atoms with van der Waals surface area (Å²) in [5.74, 6) is 1.42. The van der Waals surface area contributed by atoms with E-state index < -0.39 is 0 Å². The lowest BCUT2D eigenvalue weighted by molar-refractivity contribution is 0.265. The first-order valence-electron chi connectivity index (χ1n) is 6.63. The summed E-state index contributed by atoms with van der Waals surface area (Å²) in [7, 11) is 0. The molecule has 1 aliphatic rings. The van der Waals surface area contributed by atoms with Gasteiger partial charge < -0.3 is 10.3 Å². The van der Waals surface area contributed by atoms with E-state index >= 15 is 0 Å². The van der Waals surface area contributed by atoms with Crippen molar-refractivity contribution in [2.75, 3.05) is 13.1 Å².